The summed E-state index contributed by atoms with van der Waals surface area (Å²) < 4.78 is 1.05. The minimum Gasteiger partial charge on any atom is -0.306 e. The second-order valence-electron chi connectivity index (χ2n) is 5.60. The Hall–Kier alpha value is -2.51. The predicted octanol–water partition coefficient (Wildman–Crippen LogP) is 4.07. The fraction of sp³-hybridized carbons (Fsp3) is 0.235. The third-order valence-corrected chi connectivity index (χ3v) is 4.60. The van der Waals surface area contributed by atoms with Gasteiger partial charge in [-0.25, -0.2) is 15.3 Å². The molecule has 0 aliphatic heterocycles. The first-order chi connectivity index (χ1) is 11.6. The fourth-order valence-electron chi connectivity index (χ4n) is 2.09. The number of carbonyl (C=O) groups excluding carboxylic acids is 1. The normalized spacial score (nSPS) is 11.0. The lowest BCUT2D eigenvalue weighted by Gasteiger charge is -2.07. The average molecular weight is 342 g/mol. The molecule has 2 N–H and O–H groups in total. The van der Waals surface area contributed by atoms with Crippen LogP contribution < -0.4 is 10.8 Å². The number of aromatic nitrogens is 2. The lowest BCUT2D eigenvalue weighted by Crippen LogP contribution is -2.28. The number of benzene rings is 1. The molecule has 0 saturated heterocycles. The summed E-state index contributed by atoms with van der Waals surface area (Å²) in [5, 5.41) is 3.84. The molecule has 1 aromatic carbocycles. The smallest absolute Gasteiger partial charge is 0.306 e. The first-order valence-corrected chi connectivity index (χ1v) is 8.41. The van der Waals surface area contributed by atoms with Crippen LogP contribution in [0.4, 0.5) is 10.5 Å². The molecule has 3 rings (SSSR count). The zero-order valence-electron chi connectivity index (χ0n) is 13.4. The highest BCUT2D eigenvalue weighted by Gasteiger charge is 2.09. The number of amides is 2. The molecule has 0 spiro atoms. The Bertz CT molecular complexity index is 833. The summed E-state index contributed by atoms with van der Waals surface area (Å²) in [6, 6.07) is 8.91. The SMILES string of the molecule is CC(C)c1nc2ccc(NC(=O)NOCc3cccnc3)cc2s1. The third-order valence-electron chi connectivity index (χ3n) is 3.28. The van der Waals surface area contributed by atoms with Crippen molar-refractivity contribution in [2.45, 2.75) is 26.4 Å². The van der Waals surface area contributed by atoms with E-state index in [4.69, 9.17) is 4.84 Å². The number of anilines is 1. The number of hydroxylamine groups is 1. The van der Waals surface area contributed by atoms with Crippen molar-refractivity contribution in [3.63, 3.8) is 0 Å². The van der Waals surface area contributed by atoms with Gasteiger partial charge >= 0.3 is 6.03 Å². The van der Waals surface area contributed by atoms with Crippen LogP contribution in [-0.4, -0.2) is 16.0 Å². The standard InChI is InChI=1S/C17H18N4O2S/c1-11(2)16-20-14-6-5-13(8-15(14)24-16)19-17(22)21-23-10-12-4-3-7-18-9-12/h3-9,11H,10H2,1-2H3,(H2,19,21,22). The highest BCUT2D eigenvalue weighted by Crippen LogP contribution is 2.29. The second-order valence-corrected chi connectivity index (χ2v) is 6.66. The summed E-state index contributed by atoms with van der Waals surface area (Å²) in [5.41, 5.74) is 4.89. The Balaban J connectivity index is 1.56. The van der Waals surface area contributed by atoms with E-state index in [1.807, 2.05) is 30.3 Å². The number of thiazole rings is 1. The van der Waals surface area contributed by atoms with E-state index in [9.17, 15) is 4.79 Å². The van der Waals surface area contributed by atoms with Gasteiger partial charge in [-0.05, 0) is 29.8 Å². The maximum absolute atomic E-state index is 11.9. The molecule has 0 radical (unpaired) electrons. The highest BCUT2D eigenvalue weighted by atomic mass is 32.1. The summed E-state index contributed by atoms with van der Waals surface area (Å²) in [6.45, 7) is 4.49. The van der Waals surface area contributed by atoms with Crippen LogP contribution in [0.1, 0.15) is 30.3 Å². The van der Waals surface area contributed by atoms with Crippen LogP contribution in [0, 0.1) is 0 Å². The molecule has 2 aromatic heterocycles. The van der Waals surface area contributed by atoms with Crippen molar-refractivity contribution in [1.82, 2.24) is 15.4 Å². The molecule has 0 bridgehead atoms. The molecule has 0 aliphatic rings. The van der Waals surface area contributed by atoms with Crippen molar-refractivity contribution >= 4 is 33.3 Å². The molecule has 7 heteroatoms. The molecule has 0 saturated carbocycles. The van der Waals surface area contributed by atoms with Crippen molar-refractivity contribution in [3.8, 4) is 0 Å². The molecule has 0 atom stereocenters. The molecular weight excluding hydrogens is 324 g/mol. The molecule has 2 amide bonds. The Kier molecular flexibility index (Phi) is 5.02. The summed E-state index contributed by atoms with van der Waals surface area (Å²) >= 11 is 1.64. The van der Waals surface area contributed by atoms with Gasteiger partial charge in [-0.3, -0.25) is 9.82 Å². The van der Waals surface area contributed by atoms with E-state index < -0.39 is 6.03 Å². The third kappa shape index (κ3) is 4.06. The van der Waals surface area contributed by atoms with Crippen LogP contribution in [0.5, 0.6) is 0 Å². The van der Waals surface area contributed by atoms with Crippen LogP contribution in [0.3, 0.4) is 0 Å². The van der Waals surface area contributed by atoms with Crippen molar-refractivity contribution in [2.24, 2.45) is 0 Å². The van der Waals surface area contributed by atoms with E-state index in [0.29, 0.717) is 11.6 Å². The van der Waals surface area contributed by atoms with E-state index in [0.717, 1.165) is 20.8 Å². The summed E-state index contributed by atoms with van der Waals surface area (Å²) in [4.78, 5) is 25.6. The number of nitrogens with zero attached hydrogens (tertiary/aromatic N) is 2. The van der Waals surface area contributed by atoms with Gasteiger partial charge in [0.25, 0.3) is 0 Å². The Morgan fingerprint density at radius 1 is 1.33 bits per heavy atom. The van der Waals surface area contributed by atoms with Gasteiger partial charge in [0.05, 0.1) is 15.2 Å². The van der Waals surface area contributed by atoms with Gasteiger partial charge in [0.1, 0.15) is 6.61 Å². The quantitative estimate of drug-likeness (QED) is 0.685. The summed E-state index contributed by atoms with van der Waals surface area (Å²) in [6.07, 6.45) is 3.37. The molecule has 2 heterocycles. The number of urea groups is 1. The maximum atomic E-state index is 11.9. The van der Waals surface area contributed by atoms with Crippen LogP contribution in [0.15, 0.2) is 42.7 Å². The van der Waals surface area contributed by atoms with Gasteiger partial charge in [0, 0.05) is 24.0 Å². The topological polar surface area (TPSA) is 76.1 Å². The van der Waals surface area contributed by atoms with E-state index in [2.05, 4.69) is 34.6 Å². The molecule has 124 valence electrons. The number of carbonyl (C=O) groups is 1. The minimum atomic E-state index is -0.424. The van der Waals surface area contributed by atoms with Crippen molar-refractivity contribution in [3.05, 3.63) is 53.3 Å². The monoisotopic (exact) mass is 342 g/mol. The number of pyridine rings is 1. The molecular formula is C17H18N4O2S. The zero-order chi connectivity index (χ0) is 16.9. The Morgan fingerprint density at radius 3 is 2.96 bits per heavy atom. The number of rotatable bonds is 5. The first kappa shape index (κ1) is 16.4. The number of fused-ring (bicyclic) bond motifs is 1. The molecule has 0 aliphatic carbocycles. The lowest BCUT2D eigenvalue weighted by molar-refractivity contribution is 0.0534. The molecule has 3 aromatic rings. The predicted molar refractivity (Wildman–Crippen MR) is 94.9 cm³/mol. The van der Waals surface area contributed by atoms with E-state index in [-0.39, 0.29) is 6.61 Å². The summed E-state index contributed by atoms with van der Waals surface area (Å²) in [7, 11) is 0. The van der Waals surface area contributed by atoms with Crippen LogP contribution >= 0.6 is 11.3 Å². The van der Waals surface area contributed by atoms with Crippen LogP contribution in [0.2, 0.25) is 0 Å². The number of nitrogens with one attached hydrogen (secondary N) is 2. The van der Waals surface area contributed by atoms with Gasteiger partial charge < -0.3 is 5.32 Å². The molecule has 6 nitrogen and oxygen atoms in total. The average Bonchev–Trinajstić information content (AvgIpc) is 2.99. The maximum Gasteiger partial charge on any atom is 0.343 e. The minimum absolute atomic E-state index is 0.257. The lowest BCUT2D eigenvalue weighted by atomic mass is 10.2. The van der Waals surface area contributed by atoms with E-state index >= 15 is 0 Å². The largest absolute Gasteiger partial charge is 0.343 e. The van der Waals surface area contributed by atoms with Crippen molar-refractivity contribution in [1.29, 1.82) is 0 Å². The highest BCUT2D eigenvalue weighted by molar-refractivity contribution is 7.18. The first-order valence-electron chi connectivity index (χ1n) is 7.60. The van der Waals surface area contributed by atoms with Crippen LogP contribution in [0.25, 0.3) is 10.2 Å². The molecule has 24 heavy (non-hydrogen) atoms. The second kappa shape index (κ2) is 7.37. The van der Waals surface area contributed by atoms with Crippen molar-refractivity contribution < 1.29 is 9.63 Å². The zero-order valence-corrected chi connectivity index (χ0v) is 14.3. The molecule has 0 fully saturated rings. The van der Waals surface area contributed by atoms with Crippen LogP contribution in [-0.2, 0) is 11.4 Å². The van der Waals surface area contributed by atoms with Gasteiger partial charge in [-0.2, -0.15) is 0 Å². The summed E-state index contributed by atoms with van der Waals surface area (Å²) in [5.74, 6) is 0.392. The van der Waals surface area contributed by atoms with E-state index in [1.54, 1.807) is 23.7 Å². The Morgan fingerprint density at radius 2 is 2.21 bits per heavy atom. The van der Waals surface area contributed by atoms with Gasteiger partial charge in [0.15, 0.2) is 0 Å². The Labute approximate surface area is 143 Å². The number of hydrogen-bond donors (Lipinski definition) is 2. The number of hydrogen-bond acceptors (Lipinski definition) is 5. The van der Waals surface area contributed by atoms with E-state index in [1.165, 1.54) is 0 Å². The fourth-order valence-corrected chi connectivity index (χ4v) is 3.10. The van der Waals surface area contributed by atoms with Gasteiger partial charge in [0.2, 0.25) is 0 Å². The molecule has 0 unspecified atom stereocenters. The van der Waals surface area contributed by atoms with Gasteiger partial charge in [-0.15, -0.1) is 11.3 Å². The van der Waals surface area contributed by atoms with Crippen molar-refractivity contribution in [2.75, 3.05) is 5.32 Å². The van der Waals surface area contributed by atoms with Gasteiger partial charge in [-0.1, -0.05) is 19.9 Å².